The molecule has 0 spiro atoms. The van der Waals surface area contributed by atoms with Crippen LogP contribution in [0.3, 0.4) is 0 Å². The van der Waals surface area contributed by atoms with Crippen LogP contribution in [0.2, 0.25) is 5.02 Å². The summed E-state index contributed by atoms with van der Waals surface area (Å²) in [7, 11) is 1.52. The minimum atomic E-state index is -1.12. The van der Waals surface area contributed by atoms with Crippen molar-refractivity contribution < 1.29 is 29.4 Å². The molecule has 0 unspecified atom stereocenters. The molecule has 0 saturated heterocycles. The molecule has 1 aliphatic heterocycles. The molecule has 11 heteroatoms. The summed E-state index contributed by atoms with van der Waals surface area (Å²) < 4.78 is 5.36. The molecule has 1 aliphatic rings. The Morgan fingerprint density at radius 2 is 2.06 bits per heavy atom. The molecule has 33 heavy (non-hydrogen) atoms. The standard InChI is InChI=1S/C22H23ClN4O6/c1-33-18-6-5-16(23)8-14(18)7-15-10-24-19(26-32)11-27(21(15)29)12-20(28)25-17-4-2-3-13(9-17)22(30)31/h2-6,8-9,15,32H,7,10-12H2,1H3,(H,24,26)(H,25,28)(H,30,31)/t15-/m1/s1. The van der Waals surface area contributed by atoms with Gasteiger partial charge in [0.2, 0.25) is 11.8 Å². The maximum absolute atomic E-state index is 13.2. The molecular weight excluding hydrogens is 452 g/mol. The lowest BCUT2D eigenvalue weighted by Gasteiger charge is -2.24. The van der Waals surface area contributed by atoms with Crippen molar-refractivity contribution in [3.8, 4) is 5.75 Å². The van der Waals surface area contributed by atoms with Gasteiger partial charge in [-0.3, -0.25) is 25.3 Å². The van der Waals surface area contributed by atoms with Crippen LogP contribution in [0.5, 0.6) is 5.75 Å². The van der Waals surface area contributed by atoms with E-state index >= 15 is 0 Å². The zero-order valence-electron chi connectivity index (χ0n) is 17.7. The Morgan fingerprint density at radius 1 is 1.27 bits per heavy atom. The zero-order chi connectivity index (χ0) is 24.0. The number of carbonyl (C=O) groups excluding carboxylic acids is 2. The van der Waals surface area contributed by atoms with Gasteiger partial charge in [0.1, 0.15) is 18.1 Å². The number of rotatable bonds is 7. The van der Waals surface area contributed by atoms with Gasteiger partial charge in [0.15, 0.2) is 0 Å². The predicted molar refractivity (Wildman–Crippen MR) is 121 cm³/mol. The van der Waals surface area contributed by atoms with E-state index in [0.717, 1.165) is 0 Å². The van der Waals surface area contributed by atoms with E-state index in [0.29, 0.717) is 16.3 Å². The molecule has 174 valence electrons. The third-order valence-corrected chi connectivity index (χ3v) is 5.30. The molecule has 10 nitrogen and oxygen atoms in total. The molecular formula is C22H23ClN4O6. The summed E-state index contributed by atoms with van der Waals surface area (Å²) in [5, 5.41) is 21.5. The van der Waals surface area contributed by atoms with Gasteiger partial charge < -0.3 is 20.1 Å². The van der Waals surface area contributed by atoms with E-state index < -0.39 is 17.8 Å². The SMILES string of the molecule is COc1ccc(Cl)cc1C[C@@H]1CN=C(NO)CN(CC(=O)Nc2cccc(C(=O)O)c2)C1=O. The highest BCUT2D eigenvalue weighted by Gasteiger charge is 2.30. The molecule has 2 amide bonds. The van der Waals surface area contributed by atoms with Crippen molar-refractivity contribution >= 4 is 40.9 Å². The fraction of sp³-hybridized carbons (Fsp3) is 0.273. The number of carboxylic acid groups (broad SMARTS) is 1. The summed E-state index contributed by atoms with van der Waals surface area (Å²) in [4.78, 5) is 42.5. The number of ether oxygens (including phenoxy) is 1. The Hall–Kier alpha value is -3.63. The molecule has 0 bridgehead atoms. The minimum Gasteiger partial charge on any atom is -0.496 e. The topological polar surface area (TPSA) is 141 Å². The predicted octanol–water partition coefficient (Wildman–Crippen LogP) is 2.06. The van der Waals surface area contributed by atoms with Crippen molar-refractivity contribution in [3.63, 3.8) is 0 Å². The Morgan fingerprint density at radius 3 is 2.76 bits per heavy atom. The number of amides is 2. The number of hydroxylamine groups is 1. The number of methoxy groups -OCH3 is 1. The van der Waals surface area contributed by atoms with E-state index in [1.165, 1.54) is 30.2 Å². The maximum atomic E-state index is 13.2. The number of hydrogen-bond donors (Lipinski definition) is 4. The van der Waals surface area contributed by atoms with Crippen LogP contribution < -0.4 is 15.5 Å². The van der Waals surface area contributed by atoms with Gasteiger partial charge in [-0.2, -0.15) is 0 Å². The fourth-order valence-electron chi connectivity index (χ4n) is 3.50. The third kappa shape index (κ3) is 6.21. The number of carbonyl (C=O) groups is 3. The third-order valence-electron chi connectivity index (χ3n) is 5.07. The van der Waals surface area contributed by atoms with E-state index in [-0.39, 0.29) is 49.0 Å². The Kier molecular flexibility index (Phi) is 7.86. The molecule has 0 aliphatic carbocycles. The molecule has 1 atom stereocenters. The van der Waals surface area contributed by atoms with E-state index in [2.05, 4.69) is 10.3 Å². The number of hydrogen-bond acceptors (Lipinski definition) is 7. The normalized spacial score (nSPS) is 16.0. The molecule has 1 heterocycles. The lowest BCUT2D eigenvalue weighted by atomic mass is 9.97. The highest BCUT2D eigenvalue weighted by molar-refractivity contribution is 6.30. The second-order valence-electron chi connectivity index (χ2n) is 7.38. The second-order valence-corrected chi connectivity index (χ2v) is 7.82. The molecule has 4 N–H and O–H groups in total. The highest BCUT2D eigenvalue weighted by Crippen LogP contribution is 2.26. The highest BCUT2D eigenvalue weighted by atomic mass is 35.5. The Labute approximate surface area is 194 Å². The number of benzene rings is 2. The molecule has 0 saturated carbocycles. The van der Waals surface area contributed by atoms with E-state index in [1.54, 1.807) is 24.3 Å². The fourth-order valence-corrected chi connectivity index (χ4v) is 3.69. The first-order valence-electron chi connectivity index (χ1n) is 9.98. The van der Waals surface area contributed by atoms with Gasteiger partial charge in [-0.15, -0.1) is 0 Å². The van der Waals surface area contributed by atoms with Crippen LogP contribution >= 0.6 is 11.6 Å². The zero-order valence-corrected chi connectivity index (χ0v) is 18.5. The van der Waals surface area contributed by atoms with E-state index in [4.69, 9.17) is 21.4 Å². The molecule has 0 aromatic heterocycles. The molecule has 2 aromatic rings. The molecule has 0 fully saturated rings. The van der Waals surface area contributed by atoms with Gasteiger partial charge >= 0.3 is 5.97 Å². The number of anilines is 1. The first kappa shape index (κ1) is 24.0. The van der Waals surface area contributed by atoms with Crippen molar-refractivity contribution in [3.05, 3.63) is 58.6 Å². The number of halogens is 1. The van der Waals surface area contributed by atoms with Gasteiger partial charge in [0, 0.05) is 10.7 Å². The Balaban J connectivity index is 1.76. The average Bonchev–Trinajstić information content (AvgIpc) is 2.93. The van der Waals surface area contributed by atoms with Crippen LogP contribution in [0.25, 0.3) is 0 Å². The summed E-state index contributed by atoms with van der Waals surface area (Å²) in [5.74, 6) is -1.88. The quantitative estimate of drug-likeness (QED) is 0.450. The second kappa shape index (κ2) is 10.8. The number of carboxylic acids is 1. The van der Waals surface area contributed by atoms with Crippen molar-refractivity contribution in [2.45, 2.75) is 6.42 Å². The van der Waals surface area contributed by atoms with Crippen LogP contribution in [0.15, 0.2) is 47.5 Å². The van der Waals surface area contributed by atoms with Crippen LogP contribution in [-0.2, 0) is 16.0 Å². The number of aromatic carboxylic acids is 1. The van der Waals surface area contributed by atoms with Crippen LogP contribution in [0, 0.1) is 5.92 Å². The monoisotopic (exact) mass is 474 g/mol. The maximum Gasteiger partial charge on any atom is 0.335 e. The molecule has 2 aromatic carbocycles. The number of aliphatic imine (C=N–C) groups is 1. The van der Waals surface area contributed by atoms with Gasteiger partial charge in [-0.1, -0.05) is 17.7 Å². The average molecular weight is 475 g/mol. The lowest BCUT2D eigenvalue weighted by molar-refractivity contribution is -0.137. The lowest BCUT2D eigenvalue weighted by Crippen LogP contribution is -2.45. The summed E-state index contributed by atoms with van der Waals surface area (Å²) in [6.07, 6.45) is 0.267. The summed E-state index contributed by atoms with van der Waals surface area (Å²) >= 11 is 6.10. The minimum absolute atomic E-state index is 0.0214. The van der Waals surface area contributed by atoms with Crippen molar-refractivity contribution in [2.75, 3.05) is 32.1 Å². The molecule has 3 rings (SSSR count). The van der Waals surface area contributed by atoms with Crippen LogP contribution in [-0.4, -0.2) is 65.6 Å². The first-order chi connectivity index (χ1) is 15.8. The van der Waals surface area contributed by atoms with E-state index in [1.807, 2.05) is 5.48 Å². The van der Waals surface area contributed by atoms with Crippen molar-refractivity contribution in [1.82, 2.24) is 10.4 Å². The van der Waals surface area contributed by atoms with Gasteiger partial charge in [-0.25, -0.2) is 4.79 Å². The summed E-state index contributed by atoms with van der Waals surface area (Å²) in [5.41, 5.74) is 2.99. The summed E-state index contributed by atoms with van der Waals surface area (Å²) in [6, 6.07) is 10.9. The van der Waals surface area contributed by atoms with Gasteiger partial charge in [0.25, 0.3) is 0 Å². The Bertz CT molecular complexity index is 1090. The van der Waals surface area contributed by atoms with Crippen LogP contribution in [0.1, 0.15) is 15.9 Å². The largest absolute Gasteiger partial charge is 0.496 e. The van der Waals surface area contributed by atoms with Gasteiger partial charge in [0.05, 0.1) is 31.7 Å². The first-order valence-corrected chi connectivity index (χ1v) is 10.4. The summed E-state index contributed by atoms with van der Waals surface area (Å²) in [6.45, 7) is -0.322. The van der Waals surface area contributed by atoms with E-state index in [9.17, 15) is 19.6 Å². The number of nitrogens with one attached hydrogen (secondary N) is 2. The van der Waals surface area contributed by atoms with Gasteiger partial charge in [-0.05, 0) is 48.4 Å². The van der Waals surface area contributed by atoms with Crippen molar-refractivity contribution in [1.29, 1.82) is 0 Å². The van der Waals surface area contributed by atoms with Crippen molar-refractivity contribution in [2.24, 2.45) is 10.9 Å². The smallest absolute Gasteiger partial charge is 0.335 e. The van der Waals surface area contributed by atoms with Crippen LogP contribution in [0.4, 0.5) is 5.69 Å². The molecule has 0 radical (unpaired) electrons. The number of amidine groups is 1. The number of nitrogens with zero attached hydrogens (tertiary/aromatic N) is 2.